The Bertz CT molecular complexity index is 940. The van der Waals surface area contributed by atoms with Crippen LogP contribution in [0.5, 0.6) is 5.75 Å². The zero-order valence-electron chi connectivity index (χ0n) is 18.0. The van der Waals surface area contributed by atoms with E-state index in [2.05, 4.69) is 10.6 Å². The van der Waals surface area contributed by atoms with Crippen molar-refractivity contribution in [1.29, 1.82) is 0 Å². The number of carbonyl (C=O) groups excluding carboxylic acids is 2. The van der Waals surface area contributed by atoms with Gasteiger partial charge in [-0.25, -0.2) is 9.59 Å². The number of benzene rings is 2. The van der Waals surface area contributed by atoms with Gasteiger partial charge in [-0.1, -0.05) is 48.5 Å². The van der Waals surface area contributed by atoms with Crippen molar-refractivity contribution >= 4 is 12.0 Å². The number of allylic oxidation sites excluding steroid dienone is 1. The molecule has 0 fully saturated rings. The second-order valence-electron chi connectivity index (χ2n) is 7.44. The Hall–Kier alpha value is -3.32. The molecule has 0 saturated heterocycles. The molecule has 0 spiro atoms. The molecule has 0 radical (unpaired) electrons. The molecule has 7 heteroatoms. The number of rotatable bonds is 9. The molecule has 0 bridgehead atoms. The molecule has 2 amide bonds. The van der Waals surface area contributed by atoms with Gasteiger partial charge in [0.25, 0.3) is 0 Å². The molecule has 0 aromatic heterocycles. The minimum Gasteiger partial charge on any atom is -0.489 e. The number of para-hydroxylation sites is 1. The third-order valence-electron chi connectivity index (χ3n) is 4.72. The summed E-state index contributed by atoms with van der Waals surface area (Å²) in [7, 11) is 0. The number of ether oxygens (including phenoxy) is 3. The van der Waals surface area contributed by atoms with E-state index in [0.717, 1.165) is 5.56 Å². The Balaban J connectivity index is 1.81. The topological polar surface area (TPSA) is 85.9 Å². The Morgan fingerprint density at radius 3 is 2.48 bits per heavy atom. The molecule has 0 aliphatic carbocycles. The minimum atomic E-state index is -0.695. The lowest BCUT2D eigenvalue weighted by Crippen LogP contribution is -2.45. The summed E-state index contributed by atoms with van der Waals surface area (Å²) in [5.74, 6) is 0.0695. The molecule has 3 rings (SSSR count). The minimum absolute atomic E-state index is 0.0525. The molecule has 1 heterocycles. The van der Waals surface area contributed by atoms with Gasteiger partial charge in [0.1, 0.15) is 19.0 Å². The average Bonchev–Trinajstić information content (AvgIpc) is 2.75. The lowest BCUT2D eigenvalue weighted by atomic mass is 9.95. The fourth-order valence-corrected chi connectivity index (χ4v) is 3.28. The van der Waals surface area contributed by atoms with E-state index in [-0.39, 0.29) is 18.7 Å². The highest BCUT2D eigenvalue weighted by atomic mass is 16.6. The van der Waals surface area contributed by atoms with E-state index in [1.54, 1.807) is 6.92 Å². The van der Waals surface area contributed by atoms with E-state index in [1.165, 1.54) is 0 Å². The van der Waals surface area contributed by atoms with Crippen molar-refractivity contribution in [3.63, 3.8) is 0 Å². The van der Waals surface area contributed by atoms with Gasteiger partial charge in [0.2, 0.25) is 0 Å². The first-order valence-corrected chi connectivity index (χ1v) is 10.3. The molecule has 1 aliphatic heterocycles. The lowest BCUT2D eigenvalue weighted by molar-refractivity contribution is -0.141. The number of hydrogen-bond acceptors (Lipinski definition) is 5. The highest BCUT2D eigenvalue weighted by Gasteiger charge is 2.33. The van der Waals surface area contributed by atoms with Crippen LogP contribution in [-0.4, -0.2) is 31.3 Å². The Labute approximate surface area is 182 Å². The van der Waals surface area contributed by atoms with E-state index >= 15 is 0 Å². The fourth-order valence-electron chi connectivity index (χ4n) is 3.28. The van der Waals surface area contributed by atoms with Crippen LogP contribution in [0.1, 0.15) is 37.9 Å². The Kier molecular flexibility index (Phi) is 7.67. The molecule has 0 saturated carbocycles. The summed E-state index contributed by atoms with van der Waals surface area (Å²) in [5, 5.41) is 5.47. The third kappa shape index (κ3) is 6.08. The predicted octanol–water partition coefficient (Wildman–Crippen LogP) is 3.86. The molecule has 7 nitrogen and oxygen atoms in total. The van der Waals surface area contributed by atoms with Gasteiger partial charge in [0.05, 0.1) is 24.3 Å². The second-order valence-corrected chi connectivity index (χ2v) is 7.44. The maximum Gasteiger partial charge on any atom is 0.338 e. The van der Waals surface area contributed by atoms with Crippen LogP contribution in [0.2, 0.25) is 0 Å². The smallest absolute Gasteiger partial charge is 0.338 e. The number of esters is 1. The van der Waals surface area contributed by atoms with Crippen LogP contribution in [0.25, 0.3) is 0 Å². The Morgan fingerprint density at radius 2 is 1.74 bits per heavy atom. The van der Waals surface area contributed by atoms with Crippen molar-refractivity contribution in [2.45, 2.75) is 39.5 Å². The molecule has 1 atom stereocenters. The first kappa shape index (κ1) is 22.4. The van der Waals surface area contributed by atoms with E-state index in [0.29, 0.717) is 35.8 Å². The molecule has 1 unspecified atom stereocenters. The average molecular weight is 424 g/mol. The third-order valence-corrected chi connectivity index (χ3v) is 4.72. The van der Waals surface area contributed by atoms with E-state index in [9.17, 15) is 9.59 Å². The van der Waals surface area contributed by atoms with E-state index < -0.39 is 12.0 Å². The van der Waals surface area contributed by atoms with Gasteiger partial charge in [-0.3, -0.25) is 0 Å². The van der Waals surface area contributed by atoms with Gasteiger partial charge in [0.15, 0.2) is 0 Å². The van der Waals surface area contributed by atoms with Crippen molar-refractivity contribution in [2.24, 2.45) is 0 Å². The molecule has 1 aliphatic rings. The van der Waals surface area contributed by atoms with Gasteiger partial charge >= 0.3 is 12.0 Å². The zero-order valence-corrected chi connectivity index (χ0v) is 18.0. The van der Waals surface area contributed by atoms with Crippen LogP contribution >= 0.6 is 0 Å². The van der Waals surface area contributed by atoms with E-state index in [4.69, 9.17) is 14.2 Å². The van der Waals surface area contributed by atoms with Crippen LogP contribution < -0.4 is 15.4 Å². The van der Waals surface area contributed by atoms with Crippen LogP contribution in [-0.2, 0) is 20.9 Å². The standard InChI is InChI=1S/C24H28N2O5/c1-16(2)29-13-14-30-23(27)21-17(3)25-24(28)26-22(21)19-11-7-8-12-20(19)31-15-18-9-5-4-6-10-18/h4-12,16,22H,13-15H2,1-3H3,(H2,25,26,28). The molecule has 2 aromatic carbocycles. The number of amides is 2. The maximum atomic E-state index is 12.9. The van der Waals surface area contributed by atoms with Crippen molar-refractivity contribution in [2.75, 3.05) is 13.2 Å². The number of carbonyl (C=O) groups is 2. The fraction of sp³-hybridized carbons (Fsp3) is 0.333. The number of hydrogen-bond donors (Lipinski definition) is 2. The summed E-state index contributed by atoms with van der Waals surface area (Å²) in [4.78, 5) is 25.0. The predicted molar refractivity (Wildman–Crippen MR) is 116 cm³/mol. The van der Waals surface area contributed by atoms with Crippen molar-refractivity contribution < 1.29 is 23.8 Å². The van der Waals surface area contributed by atoms with Gasteiger partial charge in [0, 0.05) is 11.3 Å². The molecule has 164 valence electrons. The highest BCUT2D eigenvalue weighted by molar-refractivity contribution is 5.95. The summed E-state index contributed by atoms with van der Waals surface area (Å²) in [5.41, 5.74) is 2.47. The molecule has 2 aromatic rings. The molecular formula is C24H28N2O5. The largest absolute Gasteiger partial charge is 0.489 e. The summed E-state index contributed by atoms with van der Waals surface area (Å²) >= 11 is 0. The quantitative estimate of drug-likeness (QED) is 0.472. The van der Waals surface area contributed by atoms with Crippen molar-refractivity contribution in [1.82, 2.24) is 10.6 Å². The highest BCUT2D eigenvalue weighted by Crippen LogP contribution is 2.33. The van der Waals surface area contributed by atoms with Crippen LogP contribution in [0.4, 0.5) is 4.79 Å². The van der Waals surface area contributed by atoms with Gasteiger partial charge in [-0.05, 0) is 32.4 Å². The van der Waals surface area contributed by atoms with Gasteiger partial charge in [-0.2, -0.15) is 0 Å². The maximum absolute atomic E-state index is 12.9. The molecular weight excluding hydrogens is 396 g/mol. The van der Waals surface area contributed by atoms with E-state index in [1.807, 2.05) is 68.4 Å². The van der Waals surface area contributed by atoms with Crippen LogP contribution in [0.15, 0.2) is 65.9 Å². The van der Waals surface area contributed by atoms with Crippen molar-refractivity contribution in [3.8, 4) is 5.75 Å². The number of urea groups is 1. The summed E-state index contributed by atoms with van der Waals surface area (Å²) in [6, 6.07) is 16.0. The lowest BCUT2D eigenvalue weighted by Gasteiger charge is -2.29. The molecule has 31 heavy (non-hydrogen) atoms. The first-order valence-electron chi connectivity index (χ1n) is 10.3. The zero-order chi connectivity index (χ0) is 22.2. The normalized spacial score (nSPS) is 16.0. The van der Waals surface area contributed by atoms with Crippen molar-refractivity contribution in [3.05, 3.63) is 77.0 Å². The Morgan fingerprint density at radius 1 is 1.03 bits per heavy atom. The monoisotopic (exact) mass is 424 g/mol. The van der Waals surface area contributed by atoms with Gasteiger partial charge in [-0.15, -0.1) is 0 Å². The second kappa shape index (κ2) is 10.6. The van der Waals surface area contributed by atoms with Gasteiger partial charge < -0.3 is 24.8 Å². The SMILES string of the molecule is CC1=C(C(=O)OCCOC(C)C)C(c2ccccc2OCc2ccccc2)NC(=O)N1. The first-order chi connectivity index (χ1) is 15.0. The number of nitrogens with one attached hydrogen (secondary N) is 2. The van der Waals surface area contributed by atoms with Crippen LogP contribution in [0, 0.1) is 0 Å². The molecule has 2 N–H and O–H groups in total. The van der Waals surface area contributed by atoms with Crippen LogP contribution in [0.3, 0.4) is 0 Å². The summed E-state index contributed by atoms with van der Waals surface area (Å²) in [6.07, 6.45) is 0.0525. The summed E-state index contributed by atoms with van der Waals surface area (Å²) in [6.45, 7) is 6.30. The summed E-state index contributed by atoms with van der Waals surface area (Å²) < 4.78 is 16.9.